The van der Waals surface area contributed by atoms with Gasteiger partial charge in [-0.05, 0) is 78.5 Å². The number of aliphatic hydroxyl groups excluding tert-OH is 2. The molecule has 3 N–H and O–H groups in total. The van der Waals surface area contributed by atoms with Gasteiger partial charge in [0.15, 0.2) is 0 Å². The molecule has 0 amide bonds. The first-order valence-electron chi connectivity index (χ1n) is 8.85. The predicted octanol–water partition coefficient (Wildman–Crippen LogP) is 1.68. The summed E-state index contributed by atoms with van der Waals surface area (Å²) in [5.41, 5.74) is 2.05. The third kappa shape index (κ3) is 3.36. The van der Waals surface area contributed by atoms with E-state index in [1.807, 2.05) is 6.07 Å². The van der Waals surface area contributed by atoms with Gasteiger partial charge in [-0.3, -0.25) is 4.55 Å². The van der Waals surface area contributed by atoms with Crippen molar-refractivity contribution < 1.29 is 27.4 Å². The molecule has 3 aliphatic rings. The van der Waals surface area contributed by atoms with E-state index in [0.717, 1.165) is 31.2 Å². The molecule has 6 atom stereocenters. The van der Waals surface area contributed by atoms with Crippen molar-refractivity contribution in [3.8, 4) is 5.75 Å². The maximum absolute atomic E-state index is 10.9. The molecule has 0 aliphatic heterocycles. The van der Waals surface area contributed by atoms with Gasteiger partial charge in [0.2, 0.25) is 0 Å². The smallest absolute Gasteiger partial charge is 0.390 e. The molecule has 26 heavy (non-hydrogen) atoms. The zero-order valence-corrected chi connectivity index (χ0v) is 17.9. The number of fused-ring (bicyclic) bond motifs is 5. The van der Waals surface area contributed by atoms with Crippen LogP contribution in [0.1, 0.15) is 49.7 Å². The van der Waals surface area contributed by atoms with Crippen LogP contribution in [0.15, 0.2) is 18.2 Å². The summed E-state index contributed by atoms with van der Waals surface area (Å²) in [6.07, 6.45) is 2.95. The SMILES string of the molecule is CC12CCC3c4ccc(OS(=O)(=O)O)cc4CCC3C1CC(O)C2O.[Na]. The Morgan fingerprint density at radius 3 is 2.65 bits per heavy atom. The standard InChI is InChI=1S/C18H24O6S.Na/c1-18-7-6-13-12-5-3-11(24-25(21,22)23)8-10(12)2-4-14(13)15(18)9-16(19)17(18)20;/h3,5,8,13-17,19-20H,2,4,6-7,9H2,1H3,(H,21,22,23);. The van der Waals surface area contributed by atoms with Gasteiger partial charge in [0, 0.05) is 29.6 Å². The van der Waals surface area contributed by atoms with E-state index in [1.165, 1.54) is 5.56 Å². The van der Waals surface area contributed by atoms with Crippen LogP contribution in [-0.4, -0.2) is 64.9 Å². The normalized spacial score (nSPS) is 38.5. The fraction of sp³-hybridized carbons (Fsp3) is 0.667. The summed E-state index contributed by atoms with van der Waals surface area (Å²) in [6.45, 7) is 2.10. The van der Waals surface area contributed by atoms with Gasteiger partial charge in [0.25, 0.3) is 0 Å². The number of aryl methyl sites for hydroxylation is 1. The average molecular weight is 391 g/mol. The minimum atomic E-state index is -4.51. The van der Waals surface area contributed by atoms with Gasteiger partial charge < -0.3 is 14.4 Å². The molecular formula is C18H24NaO6S. The predicted molar refractivity (Wildman–Crippen MR) is 96.4 cm³/mol. The summed E-state index contributed by atoms with van der Waals surface area (Å²) < 4.78 is 35.2. The van der Waals surface area contributed by atoms with Gasteiger partial charge in [-0.2, -0.15) is 8.42 Å². The van der Waals surface area contributed by atoms with Crippen LogP contribution < -0.4 is 4.18 Å². The molecule has 1 radical (unpaired) electrons. The van der Waals surface area contributed by atoms with Crippen LogP contribution in [0.3, 0.4) is 0 Å². The summed E-state index contributed by atoms with van der Waals surface area (Å²) in [7, 11) is -4.51. The van der Waals surface area contributed by atoms with Crippen molar-refractivity contribution in [3.63, 3.8) is 0 Å². The fourth-order valence-electron chi connectivity index (χ4n) is 5.72. The molecule has 8 heteroatoms. The number of hydrogen-bond acceptors (Lipinski definition) is 5. The van der Waals surface area contributed by atoms with E-state index in [1.54, 1.807) is 12.1 Å². The zero-order valence-electron chi connectivity index (χ0n) is 15.1. The second kappa shape index (κ2) is 7.03. The van der Waals surface area contributed by atoms with E-state index in [9.17, 15) is 18.6 Å². The topological polar surface area (TPSA) is 104 Å². The number of hydrogen-bond donors (Lipinski definition) is 3. The molecule has 0 heterocycles. The minimum Gasteiger partial charge on any atom is -0.390 e. The van der Waals surface area contributed by atoms with Gasteiger partial charge in [-0.1, -0.05) is 13.0 Å². The van der Waals surface area contributed by atoms with Crippen molar-refractivity contribution >= 4 is 40.0 Å². The molecule has 2 fully saturated rings. The summed E-state index contributed by atoms with van der Waals surface area (Å²) in [5, 5.41) is 20.6. The first-order chi connectivity index (χ1) is 11.7. The van der Waals surface area contributed by atoms with Crippen molar-refractivity contribution in [3.05, 3.63) is 29.3 Å². The molecule has 0 bridgehead atoms. The molecule has 1 aromatic rings. The third-order valence-electron chi connectivity index (χ3n) is 6.87. The molecule has 0 saturated heterocycles. The quantitative estimate of drug-likeness (QED) is 0.523. The summed E-state index contributed by atoms with van der Waals surface area (Å²) in [4.78, 5) is 0. The molecule has 6 nitrogen and oxygen atoms in total. The Morgan fingerprint density at radius 2 is 1.96 bits per heavy atom. The molecule has 4 rings (SSSR count). The largest absolute Gasteiger partial charge is 0.446 e. The van der Waals surface area contributed by atoms with Crippen LogP contribution in [0.4, 0.5) is 0 Å². The second-order valence-electron chi connectivity index (χ2n) is 8.08. The first kappa shape index (κ1) is 20.6. The Labute approximate surface area is 176 Å². The molecule has 0 aromatic heterocycles. The van der Waals surface area contributed by atoms with E-state index >= 15 is 0 Å². The van der Waals surface area contributed by atoms with Gasteiger partial charge in [-0.25, -0.2) is 0 Å². The van der Waals surface area contributed by atoms with Gasteiger partial charge in [0.1, 0.15) is 5.75 Å². The van der Waals surface area contributed by atoms with E-state index < -0.39 is 22.6 Å². The Bertz CT molecular complexity index is 797. The summed E-state index contributed by atoms with van der Waals surface area (Å²) >= 11 is 0. The van der Waals surface area contributed by atoms with Crippen LogP contribution in [0, 0.1) is 17.3 Å². The molecule has 2 saturated carbocycles. The van der Waals surface area contributed by atoms with Crippen LogP contribution >= 0.6 is 0 Å². The van der Waals surface area contributed by atoms with Gasteiger partial charge >= 0.3 is 10.4 Å². The fourth-order valence-corrected chi connectivity index (χ4v) is 6.07. The van der Waals surface area contributed by atoms with E-state index in [-0.39, 0.29) is 40.7 Å². The number of aliphatic hydroxyl groups is 2. The Kier molecular flexibility index (Phi) is 5.56. The molecule has 6 unspecified atom stereocenters. The van der Waals surface area contributed by atoms with Crippen molar-refractivity contribution in [1.29, 1.82) is 0 Å². The molecule has 139 valence electrons. The van der Waals surface area contributed by atoms with Gasteiger partial charge in [0.05, 0.1) is 12.2 Å². The van der Waals surface area contributed by atoms with Crippen LogP contribution in [-0.2, 0) is 16.8 Å². The maximum Gasteiger partial charge on any atom is 0.446 e. The minimum absolute atomic E-state index is 0. The Balaban J connectivity index is 0.00000196. The number of benzene rings is 1. The molecular weight excluding hydrogens is 367 g/mol. The summed E-state index contributed by atoms with van der Waals surface area (Å²) in [6, 6.07) is 5.18. The van der Waals surface area contributed by atoms with Crippen molar-refractivity contribution in [1.82, 2.24) is 0 Å². The second-order valence-corrected chi connectivity index (χ2v) is 9.10. The third-order valence-corrected chi connectivity index (χ3v) is 7.28. The van der Waals surface area contributed by atoms with E-state index in [4.69, 9.17) is 4.55 Å². The molecule has 0 spiro atoms. The Morgan fingerprint density at radius 1 is 1.23 bits per heavy atom. The zero-order chi connectivity index (χ0) is 18.0. The number of rotatable bonds is 2. The van der Waals surface area contributed by atoms with Crippen molar-refractivity contribution in [2.45, 2.75) is 57.2 Å². The van der Waals surface area contributed by atoms with Gasteiger partial charge in [-0.15, -0.1) is 0 Å². The van der Waals surface area contributed by atoms with Crippen molar-refractivity contribution in [2.24, 2.45) is 17.3 Å². The maximum atomic E-state index is 10.9. The van der Waals surface area contributed by atoms with Crippen LogP contribution in [0.2, 0.25) is 0 Å². The van der Waals surface area contributed by atoms with E-state index in [0.29, 0.717) is 24.2 Å². The molecule has 1 aromatic carbocycles. The van der Waals surface area contributed by atoms with E-state index in [2.05, 4.69) is 11.1 Å². The Hall–Kier alpha value is -0.150. The van der Waals surface area contributed by atoms with Crippen molar-refractivity contribution in [2.75, 3.05) is 0 Å². The summed E-state index contributed by atoms with van der Waals surface area (Å²) in [5.74, 6) is 1.22. The molecule has 3 aliphatic carbocycles. The monoisotopic (exact) mass is 391 g/mol. The van der Waals surface area contributed by atoms with Crippen LogP contribution in [0.5, 0.6) is 5.75 Å². The van der Waals surface area contributed by atoms with Crippen LogP contribution in [0.25, 0.3) is 0 Å². The first-order valence-corrected chi connectivity index (χ1v) is 10.2. The average Bonchev–Trinajstić information content (AvgIpc) is 2.76.